The average molecular weight is 315 g/mol. The molecule has 23 heavy (non-hydrogen) atoms. The summed E-state index contributed by atoms with van der Waals surface area (Å²) in [7, 11) is 1.59. The molecule has 3 heterocycles. The Hall–Kier alpha value is -2.70. The van der Waals surface area contributed by atoms with Gasteiger partial charge in [0.05, 0.1) is 5.92 Å². The topological polar surface area (TPSA) is 92.5 Å². The van der Waals surface area contributed by atoms with Crippen molar-refractivity contribution in [1.29, 1.82) is 0 Å². The van der Waals surface area contributed by atoms with E-state index in [1.807, 2.05) is 0 Å². The number of likely N-dealkylation sites (tertiary alicyclic amines) is 1. The molecule has 2 aromatic rings. The Morgan fingerprint density at radius 1 is 1.30 bits per heavy atom. The first kappa shape index (κ1) is 15.2. The second-order valence-electron chi connectivity index (χ2n) is 5.74. The summed E-state index contributed by atoms with van der Waals surface area (Å²) in [4.78, 5) is 41.8. The number of piperidine rings is 1. The predicted molar refractivity (Wildman–Crippen MR) is 83.2 cm³/mol. The zero-order valence-electron chi connectivity index (χ0n) is 12.7. The van der Waals surface area contributed by atoms with Crippen LogP contribution in [0.4, 0.5) is 0 Å². The van der Waals surface area contributed by atoms with Crippen LogP contribution in [0.3, 0.4) is 0 Å². The van der Waals surface area contributed by atoms with Crippen LogP contribution in [0.25, 0.3) is 11.0 Å². The Labute approximate surface area is 132 Å². The number of rotatable bonds is 2. The lowest BCUT2D eigenvalue weighted by molar-refractivity contribution is -0.143. The molecular weight excluding hydrogens is 298 g/mol. The molecule has 7 nitrogen and oxygen atoms in total. The lowest BCUT2D eigenvalue weighted by Gasteiger charge is -2.30. The van der Waals surface area contributed by atoms with E-state index in [1.165, 1.54) is 4.57 Å². The lowest BCUT2D eigenvalue weighted by Crippen LogP contribution is -2.42. The van der Waals surface area contributed by atoms with Crippen LogP contribution in [-0.4, -0.2) is 44.5 Å². The summed E-state index contributed by atoms with van der Waals surface area (Å²) in [6.07, 6.45) is 2.42. The minimum atomic E-state index is -0.829. The number of carbonyl (C=O) groups is 2. The third kappa shape index (κ3) is 2.69. The van der Waals surface area contributed by atoms with Crippen molar-refractivity contribution in [3.8, 4) is 0 Å². The maximum atomic E-state index is 12.6. The monoisotopic (exact) mass is 315 g/mol. The molecule has 0 bridgehead atoms. The van der Waals surface area contributed by atoms with E-state index in [2.05, 4.69) is 4.98 Å². The first-order valence-corrected chi connectivity index (χ1v) is 7.46. The SMILES string of the molecule is Cn1c(=O)c(C(=O)N2CCC(C(=O)O)CC2)cc2cccnc21. The second-order valence-corrected chi connectivity index (χ2v) is 5.74. The molecule has 7 heteroatoms. The number of aromatic nitrogens is 2. The highest BCUT2D eigenvalue weighted by atomic mass is 16.4. The summed E-state index contributed by atoms with van der Waals surface area (Å²) >= 11 is 0. The minimum absolute atomic E-state index is 0.0989. The van der Waals surface area contributed by atoms with Gasteiger partial charge >= 0.3 is 5.97 Å². The Morgan fingerprint density at radius 3 is 2.65 bits per heavy atom. The zero-order chi connectivity index (χ0) is 16.6. The van der Waals surface area contributed by atoms with E-state index in [0.29, 0.717) is 31.6 Å². The number of aliphatic carboxylic acids is 1. The summed E-state index contributed by atoms with van der Waals surface area (Å²) in [5.41, 5.74) is 0.238. The molecule has 0 radical (unpaired) electrons. The van der Waals surface area contributed by atoms with E-state index in [0.717, 1.165) is 5.39 Å². The summed E-state index contributed by atoms with van der Waals surface area (Å²) in [5, 5.41) is 9.74. The van der Waals surface area contributed by atoms with Gasteiger partial charge in [0.1, 0.15) is 11.2 Å². The fourth-order valence-electron chi connectivity index (χ4n) is 2.95. The largest absolute Gasteiger partial charge is 0.481 e. The number of pyridine rings is 2. The summed E-state index contributed by atoms with van der Waals surface area (Å²) in [6.45, 7) is 0.702. The number of amides is 1. The lowest BCUT2D eigenvalue weighted by atomic mass is 9.96. The molecule has 0 spiro atoms. The second kappa shape index (κ2) is 5.83. The fourth-order valence-corrected chi connectivity index (χ4v) is 2.95. The van der Waals surface area contributed by atoms with Crippen LogP contribution in [-0.2, 0) is 11.8 Å². The Kier molecular flexibility index (Phi) is 3.85. The third-order valence-corrected chi connectivity index (χ3v) is 4.33. The van der Waals surface area contributed by atoms with Gasteiger partial charge in [-0.1, -0.05) is 0 Å². The van der Waals surface area contributed by atoms with E-state index in [4.69, 9.17) is 5.11 Å². The first-order chi connectivity index (χ1) is 11.0. The molecular formula is C16H17N3O4. The van der Waals surface area contributed by atoms with E-state index < -0.39 is 11.9 Å². The van der Waals surface area contributed by atoms with Crippen LogP contribution in [0.1, 0.15) is 23.2 Å². The Balaban J connectivity index is 1.92. The number of carbonyl (C=O) groups excluding carboxylic acids is 1. The molecule has 0 unspecified atom stereocenters. The van der Waals surface area contributed by atoms with Crippen molar-refractivity contribution >= 4 is 22.9 Å². The molecule has 1 fully saturated rings. The van der Waals surface area contributed by atoms with E-state index in [9.17, 15) is 14.4 Å². The number of carboxylic acid groups (broad SMARTS) is 1. The van der Waals surface area contributed by atoms with Crippen LogP contribution in [0.2, 0.25) is 0 Å². The molecule has 120 valence electrons. The molecule has 0 aliphatic carbocycles. The zero-order valence-corrected chi connectivity index (χ0v) is 12.7. The van der Waals surface area contributed by atoms with Crippen molar-refractivity contribution in [2.24, 2.45) is 13.0 Å². The van der Waals surface area contributed by atoms with Gasteiger partial charge < -0.3 is 10.0 Å². The van der Waals surface area contributed by atoms with Gasteiger partial charge in [-0.05, 0) is 31.0 Å². The van der Waals surface area contributed by atoms with Gasteiger partial charge in [-0.15, -0.1) is 0 Å². The first-order valence-electron chi connectivity index (χ1n) is 7.46. The average Bonchev–Trinajstić information content (AvgIpc) is 2.57. The highest BCUT2D eigenvalue weighted by Crippen LogP contribution is 2.19. The van der Waals surface area contributed by atoms with Crippen LogP contribution >= 0.6 is 0 Å². The number of nitrogens with zero attached hydrogens (tertiary/aromatic N) is 3. The van der Waals surface area contributed by atoms with Crippen molar-refractivity contribution < 1.29 is 14.7 Å². The number of carboxylic acids is 1. The molecule has 0 aromatic carbocycles. The number of hydrogen-bond acceptors (Lipinski definition) is 4. The Bertz CT molecular complexity index is 835. The number of fused-ring (bicyclic) bond motifs is 1. The highest BCUT2D eigenvalue weighted by molar-refractivity contribution is 5.97. The van der Waals surface area contributed by atoms with Crippen LogP contribution in [0.15, 0.2) is 29.2 Å². The van der Waals surface area contributed by atoms with Gasteiger partial charge in [-0.3, -0.25) is 19.0 Å². The smallest absolute Gasteiger partial charge is 0.306 e. The standard InChI is InChI=1S/C16H17N3O4/c1-18-13-11(3-2-6-17-13)9-12(14(18)20)15(21)19-7-4-10(5-8-19)16(22)23/h2-3,6,9-10H,4-5,7-8H2,1H3,(H,22,23). The normalized spacial score (nSPS) is 15.8. The van der Waals surface area contributed by atoms with E-state index in [1.54, 1.807) is 36.3 Å². The van der Waals surface area contributed by atoms with Gasteiger partial charge in [0.2, 0.25) is 0 Å². The maximum Gasteiger partial charge on any atom is 0.306 e. The molecule has 3 rings (SSSR count). The van der Waals surface area contributed by atoms with Crippen molar-refractivity contribution in [3.05, 3.63) is 40.3 Å². The highest BCUT2D eigenvalue weighted by Gasteiger charge is 2.28. The van der Waals surface area contributed by atoms with E-state index in [-0.39, 0.29) is 17.0 Å². The summed E-state index contributed by atoms with van der Waals surface area (Å²) in [6, 6.07) is 5.12. The van der Waals surface area contributed by atoms with Crippen molar-refractivity contribution in [3.63, 3.8) is 0 Å². The van der Waals surface area contributed by atoms with Gasteiger partial charge in [-0.25, -0.2) is 4.98 Å². The quantitative estimate of drug-likeness (QED) is 0.887. The number of aryl methyl sites for hydroxylation is 1. The van der Waals surface area contributed by atoms with Crippen molar-refractivity contribution in [2.45, 2.75) is 12.8 Å². The molecule has 1 aliphatic heterocycles. The van der Waals surface area contributed by atoms with E-state index >= 15 is 0 Å². The van der Waals surface area contributed by atoms with Crippen LogP contribution in [0, 0.1) is 5.92 Å². The fraction of sp³-hybridized carbons (Fsp3) is 0.375. The van der Waals surface area contributed by atoms with Crippen molar-refractivity contribution in [1.82, 2.24) is 14.5 Å². The summed E-state index contributed by atoms with van der Waals surface area (Å²) < 4.78 is 1.37. The molecule has 1 N–H and O–H groups in total. The Morgan fingerprint density at radius 2 is 2.00 bits per heavy atom. The number of hydrogen-bond donors (Lipinski definition) is 1. The van der Waals surface area contributed by atoms with Gasteiger partial charge in [-0.2, -0.15) is 0 Å². The molecule has 0 saturated carbocycles. The van der Waals surface area contributed by atoms with Gasteiger partial charge in [0.15, 0.2) is 0 Å². The van der Waals surface area contributed by atoms with Crippen LogP contribution in [0.5, 0.6) is 0 Å². The van der Waals surface area contributed by atoms with Gasteiger partial charge in [0, 0.05) is 31.7 Å². The maximum absolute atomic E-state index is 12.6. The predicted octanol–water partition coefficient (Wildman–Crippen LogP) is 0.870. The van der Waals surface area contributed by atoms with Gasteiger partial charge in [0.25, 0.3) is 11.5 Å². The molecule has 1 saturated heterocycles. The van der Waals surface area contributed by atoms with Crippen molar-refractivity contribution in [2.75, 3.05) is 13.1 Å². The molecule has 0 atom stereocenters. The van der Waals surface area contributed by atoms with Crippen LogP contribution < -0.4 is 5.56 Å². The minimum Gasteiger partial charge on any atom is -0.481 e. The third-order valence-electron chi connectivity index (χ3n) is 4.33. The molecule has 1 aliphatic rings. The molecule has 2 aromatic heterocycles. The molecule has 1 amide bonds. The summed E-state index contributed by atoms with van der Waals surface area (Å²) in [5.74, 6) is -1.59.